The number of aromatic nitrogens is 1. The third-order valence-electron chi connectivity index (χ3n) is 3.85. The molecule has 0 bridgehead atoms. The number of fused-ring (bicyclic) bond motifs is 1. The molecule has 0 saturated heterocycles. The topological polar surface area (TPSA) is 60.7 Å². The molecular formula is C18H25NO4. The third kappa shape index (κ3) is 3.60. The molecule has 1 aromatic heterocycles. The fraction of sp³-hybridized carbons (Fsp3) is 0.500. The number of pyridine rings is 1. The Morgan fingerprint density at radius 3 is 2.52 bits per heavy atom. The predicted molar refractivity (Wildman–Crippen MR) is 91.7 cm³/mol. The maximum Gasteiger partial charge on any atom is 0.297 e. The maximum atomic E-state index is 12.8. The van der Waals surface area contributed by atoms with Gasteiger partial charge in [0.15, 0.2) is 5.75 Å². The first-order chi connectivity index (χ1) is 11.1. The van der Waals surface area contributed by atoms with Crippen molar-refractivity contribution in [1.82, 2.24) is 4.57 Å². The summed E-state index contributed by atoms with van der Waals surface area (Å²) in [5.41, 5.74) is 0.460. The van der Waals surface area contributed by atoms with Crippen molar-refractivity contribution in [3.63, 3.8) is 0 Å². The lowest BCUT2D eigenvalue weighted by molar-refractivity contribution is 0.288. The minimum Gasteiger partial charge on any atom is -0.508 e. The van der Waals surface area contributed by atoms with Crippen LogP contribution in [0.4, 0.5) is 0 Å². The van der Waals surface area contributed by atoms with Crippen LogP contribution in [0.25, 0.3) is 10.9 Å². The van der Waals surface area contributed by atoms with E-state index in [2.05, 4.69) is 13.8 Å². The molecule has 0 aliphatic rings. The van der Waals surface area contributed by atoms with Gasteiger partial charge in [0.25, 0.3) is 5.56 Å². The van der Waals surface area contributed by atoms with Crippen molar-refractivity contribution in [2.24, 2.45) is 0 Å². The van der Waals surface area contributed by atoms with Gasteiger partial charge < -0.3 is 19.1 Å². The molecule has 1 heterocycles. The van der Waals surface area contributed by atoms with E-state index >= 15 is 0 Å². The number of phenolic OH excluding ortho intramolecular Hbond substituents is 1. The maximum absolute atomic E-state index is 12.8. The van der Waals surface area contributed by atoms with Gasteiger partial charge in [0.05, 0.1) is 19.2 Å². The van der Waals surface area contributed by atoms with E-state index in [1.54, 1.807) is 22.8 Å². The van der Waals surface area contributed by atoms with Gasteiger partial charge in [0.2, 0.25) is 5.75 Å². The number of aromatic hydroxyl groups is 1. The highest BCUT2D eigenvalue weighted by Crippen LogP contribution is 2.34. The average Bonchev–Trinajstić information content (AvgIpc) is 2.54. The fourth-order valence-electron chi connectivity index (χ4n) is 2.57. The van der Waals surface area contributed by atoms with E-state index in [0.29, 0.717) is 24.4 Å². The molecule has 2 aromatic rings. The molecule has 0 unspecified atom stereocenters. The molecule has 5 nitrogen and oxygen atoms in total. The van der Waals surface area contributed by atoms with E-state index in [0.717, 1.165) is 31.1 Å². The summed E-state index contributed by atoms with van der Waals surface area (Å²) in [7, 11) is 1.49. The number of phenols is 1. The van der Waals surface area contributed by atoms with Crippen LogP contribution in [0, 0.1) is 0 Å². The van der Waals surface area contributed by atoms with Crippen molar-refractivity contribution in [3.05, 3.63) is 28.6 Å². The van der Waals surface area contributed by atoms with Crippen molar-refractivity contribution >= 4 is 10.9 Å². The minimum atomic E-state index is -0.217. The molecule has 0 atom stereocenters. The third-order valence-corrected chi connectivity index (χ3v) is 3.85. The zero-order valence-corrected chi connectivity index (χ0v) is 14.1. The van der Waals surface area contributed by atoms with Gasteiger partial charge in [-0.25, -0.2) is 0 Å². The molecule has 0 amide bonds. The summed E-state index contributed by atoms with van der Waals surface area (Å²) in [6.45, 7) is 5.27. The Morgan fingerprint density at radius 1 is 1.13 bits per heavy atom. The Balaban J connectivity index is 2.66. The van der Waals surface area contributed by atoms with Gasteiger partial charge in [-0.3, -0.25) is 4.79 Å². The number of benzene rings is 1. The van der Waals surface area contributed by atoms with Gasteiger partial charge in [0, 0.05) is 18.0 Å². The zero-order valence-electron chi connectivity index (χ0n) is 14.1. The van der Waals surface area contributed by atoms with Crippen LogP contribution in [0.15, 0.2) is 23.0 Å². The van der Waals surface area contributed by atoms with E-state index in [9.17, 15) is 9.90 Å². The predicted octanol–water partition coefficient (Wildman–Crippen LogP) is 3.69. The number of hydrogen-bond donors (Lipinski definition) is 1. The number of nitrogens with zero attached hydrogens (tertiary/aromatic N) is 1. The first-order valence-electron chi connectivity index (χ1n) is 8.20. The normalized spacial score (nSPS) is 10.9. The lowest BCUT2D eigenvalue weighted by Gasteiger charge is -2.17. The molecule has 1 aromatic carbocycles. The van der Waals surface area contributed by atoms with Crippen LogP contribution in [0.1, 0.15) is 39.5 Å². The second-order valence-electron chi connectivity index (χ2n) is 5.58. The zero-order chi connectivity index (χ0) is 16.8. The molecule has 0 aliphatic heterocycles. The average molecular weight is 319 g/mol. The Kier molecular flexibility index (Phi) is 5.90. The molecular weight excluding hydrogens is 294 g/mol. The highest BCUT2D eigenvalue weighted by atomic mass is 16.5. The summed E-state index contributed by atoms with van der Waals surface area (Å²) in [6, 6.07) is 4.98. The molecule has 1 N–H and O–H groups in total. The van der Waals surface area contributed by atoms with E-state index < -0.39 is 0 Å². The second-order valence-corrected chi connectivity index (χ2v) is 5.58. The molecule has 0 radical (unpaired) electrons. The van der Waals surface area contributed by atoms with Gasteiger partial charge in [0.1, 0.15) is 5.75 Å². The first kappa shape index (κ1) is 17.2. The van der Waals surface area contributed by atoms with Gasteiger partial charge in [-0.15, -0.1) is 0 Å². The quantitative estimate of drug-likeness (QED) is 0.754. The van der Waals surface area contributed by atoms with Crippen LogP contribution in [0.5, 0.6) is 17.2 Å². The van der Waals surface area contributed by atoms with Crippen LogP contribution < -0.4 is 15.0 Å². The standard InChI is InChI=1S/C18H25NO4/c1-4-6-10-19-15-12-13(20)8-9-14(15)16(23-11-7-5-2)17(22-3)18(19)21/h8-9,12,20H,4-7,10-11H2,1-3H3. The summed E-state index contributed by atoms with van der Waals surface area (Å²) in [5.74, 6) is 0.830. The van der Waals surface area contributed by atoms with Crippen LogP contribution in [-0.4, -0.2) is 23.4 Å². The molecule has 5 heteroatoms. The Labute approximate surface area is 136 Å². The molecule has 0 saturated carbocycles. The number of aryl methyl sites for hydroxylation is 1. The number of methoxy groups -OCH3 is 1. The van der Waals surface area contributed by atoms with E-state index in [1.807, 2.05) is 0 Å². The fourth-order valence-corrected chi connectivity index (χ4v) is 2.57. The van der Waals surface area contributed by atoms with Crippen LogP contribution >= 0.6 is 0 Å². The first-order valence-corrected chi connectivity index (χ1v) is 8.20. The largest absolute Gasteiger partial charge is 0.508 e. The monoisotopic (exact) mass is 319 g/mol. The summed E-state index contributed by atoms with van der Waals surface area (Å²) >= 11 is 0. The molecule has 23 heavy (non-hydrogen) atoms. The molecule has 126 valence electrons. The van der Waals surface area contributed by atoms with Crippen LogP contribution in [0.2, 0.25) is 0 Å². The van der Waals surface area contributed by atoms with Crippen molar-refractivity contribution in [2.75, 3.05) is 13.7 Å². The van der Waals surface area contributed by atoms with E-state index in [4.69, 9.17) is 9.47 Å². The second kappa shape index (κ2) is 7.90. The summed E-state index contributed by atoms with van der Waals surface area (Å²) < 4.78 is 12.8. The number of rotatable bonds is 8. The van der Waals surface area contributed by atoms with Gasteiger partial charge >= 0.3 is 0 Å². The van der Waals surface area contributed by atoms with Crippen LogP contribution in [0.3, 0.4) is 0 Å². The highest BCUT2D eigenvalue weighted by molar-refractivity contribution is 5.89. The minimum absolute atomic E-state index is 0.131. The Hall–Kier alpha value is -2.17. The summed E-state index contributed by atoms with van der Waals surface area (Å²) in [6.07, 6.45) is 3.77. The number of unbranched alkanes of at least 4 members (excludes halogenated alkanes) is 2. The summed E-state index contributed by atoms with van der Waals surface area (Å²) in [5, 5.41) is 10.6. The van der Waals surface area contributed by atoms with E-state index in [-0.39, 0.29) is 17.1 Å². The number of ether oxygens (including phenoxy) is 2. The smallest absolute Gasteiger partial charge is 0.297 e. The van der Waals surface area contributed by atoms with Crippen molar-refractivity contribution in [2.45, 2.75) is 46.1 Å². The molecule has 2 rings (SSSR count). The Bertz CT molecular complexity index is 721. The number of hydrogen-bond acceptors (Lipinski definition) is 4. The lowest BCUT2D eigenvalue weighted by atomic mass is 10.1. The SMILES string of the molecule is CCCCOc1c(OC)c(=O)n(CCCC)c2cc(O)ccc12. The van der Waals surface area contributed by atoms with Crippen molar-refractivity contribution in [3.8, 4) is 17.2 Å². The van der Waals surface area contributed by atoms with E-state index in [1.165, 1.54) is 7.11 Å². The summed E-state index contributed by atoms with van der Waals surface area (Å²) in [4.78, 5) is 12.8. The highest BCUT2D eigenvalue weighted by Gasteiger charge is 2.19. The van der Waals surface area contributed by atoms with Gasteiger partial charge in [-0.05, 0) is 25.0 Å². The van der Waals surface area contributed by atoms with Gasteiger partial charge in [-0.2, -0.15) is 0 Å². The van der Waals surface area contributed by atoms with Crippen molar-refractivity contribution < 1.29 is 14.6 Å². The molecule has 0 spiro atoms. The molecule has 0 fully saturated rings. The van der Waals surface area contributed by atoms with Gasteiger partial charge in [-0.1, -0.05) is 26.7 Å². The molecule has 0 aliphatic carbocycles. The lowest BCUT2D eigenvalue weighted by Crippen LogP contribution is -2.23. The Morgan fingerprint density at radius 2 is 1.87 bits per heavy atom. The van der Waals surface area contributed by atoms with Crippen molar-refractivity contribution in [1.29, 1.82) is 0 Å². The van der Waals surface area contributed by atoms with Crippen LogP contribution in [-0.2, 0) is 6.54 Å².